The van der Waals surface area contributed by atoms with Gasteiger partial charge in [0.15, 0.2) is 9.84 Å². The van der Waals surface area contributed by atoms with Crippen molar-refractivity contribution in [2.75, 3.05) is 6.26 Å². The molecule has 0 fully saturated rings. The zero-order valence-electron chi connectivity index (χ0n) is 7.23. The third kappa shape index (κ3) is 3.60. The molecule has 0 aliphatic rings. The van der Waals surface area contributed by atoms with Gasteiger partial charge >= 0.3 is 0 Å². The second-order valence-electron chi connectivity index (χ2n) is 2.93. The summed E-state index contributed by atoms with van der Waals surface area (Å²) in [4.78, 5) is 0. The lowest BCUT2D eigenvalue weighted by molar-refractivity contribution is 0.583. The van der Waals surface area contributed by atoms with Gasteiger partial charge in [-0.05, 0) is 10.8 Å². The standard InChI is InChI=1S/C8H10O3SSi/c1-12(9,10)6-7-2-4-8(13-11)5-3-7/h2-5,13H,6H2,1H3. The Hall–Kier alpha value is -0.813. The second-order valence-corrected chi connectivity index (χ2v) is 5.97. The first-order chi connectivity index (χ1) is 6.01. The maximum atomic E-state index is 10.9. The lowest BCUT2D eigenvalue weighted by Gasteiger charge is -1.98. The van der Waals surface area contributed by atoms with Crippen LogP contribution in [0, 0.1) is 0 Å². The van der Waals surface area contributed by atoms with E-state index in [1.54, 1.807) is 24.3 Å². The number of hydrogen-bond acceptors (Lipinski definition) is 3. The quantitative estimate of drug-likeness (QED) is 0.646. The molecule has 13 heavy (non-hydrogen) atoms. The van der Waals surface area contributed by atoms with Crippen LogP contribution in [-0.4, -0.2) is 24.1 Å². The topological polar surface area (TPSA) is 51.2 Å². The van der Waals surface area contributed by atoms with Crippen LogP contribution in [0.1, 0.15) is 5.56 Å². The Balaban J connectivity index is 2.87. The van der Waals surface area contributed by atoms with Crippen LogP contribution in [0.2, 0.25) is 0 Å². The van der Waals surface area contributed by atoms with E-state index in [0.29, 0.717) is 0 Å². The highest BCUT2D eigenvalue weighted by Gasteiger charge is 2.03. The summed E-state index contributed by atoms with van der Waals surface area (Å²) in [7, 11) is -3.89. The van der Waals surface area contributed by atoms with Crippen molar-refractivity contribution in [1.29, 1.82) is 0 Å². The van der Waals surface area contributed by atoms with Gasteiger partial charge in [-0.2, -0.15) is 0 Å². The Morgan fingerprint density at radius 3 is 2.15 bits per heavy atom. The molecule has 0 spiro atoms. The lowest BCUT2D eigenvalue weighted by atomic mass is 10.2. The van der Waals surface area contributed by atoms with Gasteiger partial charge in [-0.25, -0.2) is 8.42 Å². The second kappa shape index (κ2) is 3.93. The van der Waals surface area contributed by atoms with Gasteiger partial charge in [-0.3, -0.25) is 0 Å². The molecule has 3 nitrogen and oxygen atoms in total. The van der Waals surface area contributed by atoms with E-state index in [2.05, 4.69) is 0 Å². The van der Waals surface area contributed by atoms with E-state index in [4.69, 9.17) is 0 Å². The first-order valence-electron chi connectivity index (χ1n) is 3.73. The van der Waals surface area contributed by atoms with Crippen molar-refractivity contribution in [1.82, 2.24) is 0 Å². The molecule has 0 aromatic heterocycles. The largest absolute Gasteiger partial charge is 0.386 e. The van der Waals surface area contributed by atoms with E-state index < -0.39 is 19.2 Å². The Bertz CT molecular complexity index is 394. The number of hydrogen-bond donors (Lipinski definition) is 0. The molecule has 1 rings (SSSR count). The Labute approximate surface area is 79.6 Å². The van der Waals surface area contributed by atoms with E-state index >= 15 is 0 Å². The summed E-state index contributed by atoms with van der Waals surface area (Å²) in [6.45, 7) is 0. The van der Waals surface area contributed by atoms with E-state index in [0.717, 1.165) is 10.8 Å². The molecule has 0 N–H and O–H groups in total. The molecule has 0 heterocycles. The Morgan fingerprint density at radius 1 is 1.23 bits per heavy atom. The van der Waals surface area contributed by atoms with Gasteiger partial charge in [0.05, 0.1) is 5.75 Å². The van der Waals surface area contributed by atoms with Crippen molar-refractivity contribution in [3.05, 3.63) is 29.8 Å². The third-order valence-electron chi connectivity index (χ3n) is 1.54. The maximum Gasteiger partial charge on any atom is 0.296 e. The van der Waals surface area contributed by atoms with Crippen molar-refractivity contribution in [3.63, 3.8) is 0 Å². The maximum absolute atomic E-state index is 10.9. The first kappa shape index (κ1) is 10.3. The van der Waals surface area contributed by atoms with Crippen molar-refractivity contribution in [3.8, 4) is 0 Å². The van der Waals surface area contributed by atoms with Crippen molar-refractivity contribution in [2.24, 2.45) is 0 Å². The van der Waals surface area contributed by atoms with Crippen molar-refractivity contribution >= 4 is 24.4 Å². The molecule has 0 saturated heterocycles. The highest BCUT2D eigenvalue weighted by atomic mass is 32.2. The molecule has 0 atom stereocenters. The van der Waals surface area contributed by atoms with Crippen LogP contribution in [0.25, 0.3) is 0 Å². The monoisotopic (exact) mass is 214 g/mol. The fourth-order valence-electron chi connectivity index (χ4n) is 0.995. The van der Waals surface area contributed by atoms with Gasteiger partial charge in [0, 0.05) is 6.26 Å². The summed E-state index contributed by atoms with van der Waals surface area (Å²) in [5.41, 5.74) is 0.735. The summed E-state index contributed by atoms with van der Waals surface area (Å²) >= 11 is 0. The summed E-state index contributed by atoms with van der Waals surface area (Å²) in [6, 6.07) is 6.79. The molecule has 5 heteroatoms. The summed E-state index contributed by atoms with van der Waals surface area (Å²) < 4.78 is 32.3. The van der Waals surface area contributed by atoms with E-state index in [9.17, 15) is 12.9 Å². The molecule has 0 saturated carbocycles. The average Bonchev–Trinajstić information content (AvgIpc) is 2.03. The molecule has 0 unspecified atom stereocenters. The fourth-order valence-corrected chi connectivity index (χ4v) is 2.14. The molecular weight excluding hydrogens is 204 g/mol. The van der Waals surface area contributed by atoms with Crippen LogP contribution >= 0.6 is 0 Å². The molecule has 70 valence electrons. The molecule has 0 amide bonds. The molecule has 1 aromatic carbocycles. The highest BCUT2D eigenvalue weighted by Crippen LogP contribution is 2.02. The van der Waals surface area contributed by atoms with Crippen LogP contribution in [0.15, 0.2) is 24.3 Å². The highest BCUT2D eigenvalue weighted by molar-refractivity contribution is 7.89. The number of rotatable bonds is 3. The third-order valence-corrected chi connectivity index (χ3v) is 3.06. The molecular formula is C8H10O3SSi. The SMILES string of the molecule is CS(=O)(=O)Cc1ccc([SiH]=O)cc1. The van der Waals surface area contributed by atoms with Gasteiger partial charge in [-0.15, -0.1) is 0 Å². The van der Waals surface area contributed by atoms with Crippen LogP contribution in [0.3, 0.4) is 0 Å². The zero-order valence-corrected chi connectivity index (χ0v) is 9.20. The summed E-state index contributed by atoms with van der Waals surface area (Å²) in [6.07, 6.45) is 1.19. The molecule has 1 aromatic rings. The number of sulfone groups is 1. The van der Waals surface area contributed by atoms with Crippen LogP contribution in [-0.2, 0) is 20.1 Å². The van der Waals surface area contributed by atoms with Crippen LogP contribution in [0.4, 0.5) is 0 Å². The van der Waals surface area contributed by atoms with E-state index in [1.165, 1.54) is 6.26 Å². The van der Waals surface area contributed by atoms with E-state index in [1.807, 2.05) is 0 Å². The van der Waals surface area contributed by atoms with Crippen molar-refractivity contribution in [2.45, 2.75) is 5.75 Å². The van der Waals surface area contributed by atoms with Gasteiger partial charge in [0.1, 0.15) is 0 Å². The Morgan fingerprint density at radius 2 is 1.77 bits per heavy atom. The fraction of sp³-hybridized carbons (Fsp3) is 0.250. The van der Waals surface area contributed by atoms with Gasteiger partial charge in [0.2, 0.25) is 0 Å². The predicted molar refractivity (Wildman–Crippen MR) is 52.5 cm³/mol. The minimum absolute atomic E-state index is 0.0431. The van der Waals surface area contributed by atoms with Gasteiger partial charge in [0.25, 0.3) is 9.41 Å². The predicted octanol–water partition coefficient (Wildman–Crippen LogP) is -0.362. The zero-order chi connectivity index (χ0) is 9.90. The summed E-state index contributed by atoms with van der Waals surface area (Å²) in [5.74, 6) is 0.0431. The number of benzene rings is 1. The molecule has 0 aliphatic carbocycles. The normalized spacial score (nSPS) is 11.2. The van der Waals surface area contributed by atoms with Crippen LogP contribution in [0.5, 0.6) is 0 Å². The Kier molecular flexibility index (Phi) is 3.10. The minimum Gasteiger partial charge on any atom is -0.386 e. The molecule has 0 aliphatic heterocycles. The van der Waals surface area contributed by atoms with Gasteiger partial charge in [-0.1, -0.05) is 24.3 Å². The molecule has 0 bridgehead atoms. The van der Waals surface area contributed by atoms with Gasteiger partial charge < -0.3 is 4.46 Å². The van der Waals surface area contributed by atoms with Crippen LogP contribution < -0.4 is 5.19 Å². The smallest absolute Gasteiger partial charge is 0.296 e. The summed E-state index contributed by atoms with van der Waals surface area (Å²) in [5, 5.41) is 0.761. The first-order valence-corrected chi connectivity index (χ1v) is 6.84. The molecule has 0 radical (unpaired) electrons. The minimum atomic E-state index is -2.97. The lowest BCUT2D eigenvalue weighted by Crippen LogP contribution is -2.07. The average molecular weight is 214 g/mol. The van der Waals surface area contributed by atoms with Crippen molar-refractivity contribution < 1.29 is 12.9 Å². The van der Waals surface area contributed by atoms with E-state index in [-0.39, 0.29) is 5.75 Å².